The molecule has 0 saturated carbocycles. The predicted molar refractivity (Wildman–Crippen MR) is 104 cm³/mol. The summed E-state index contributed by atoms with van der Waals surface area (Å²) < 4.78 is 17.5. The van der Waals surface area contributed by atoms with Gasteiger partial charge in [-0.1, -0.05) is 42.5 Å². The maximum Gasteiger partial charge on any atom is 0.205 e. The average Bonchev–Trinajstić information content (AvgIpc) is 3.14. The molecule has 2 aromatic carbocycles. The Labute approximate surface area is 157 Å². The second kappa shape index (κ2) is 7.96. The van der Waals surface area contributed by atoms with Crippen LogP contribution in [0, 0.1) is 11.7 Å². The number of hydrogen-bond acceptors (Lipinski definition) is 4. The summed E-state index contributed by atoms with van der Waals surface area (Å²) >= 11 is 1.47. The van der Waals surface area contributed by atoms with Gasteiger partial charge in [-0.2, -0.15) is 4.37 Å². The number of aromatic nitrogens is 2. The second-order valence-corrected chi connectivity index (χ2v) is 7.65. The number of rotatable bonds is 5. The minimum absolute atomic E-state index is 0.209. The summed E-state index contributed by atoms with van der Waals surface area (Å²) in [7, 11) is 0. The third-order valence-corrected chi connectivity index (χ3v) is 5.80. The van der Waals surface area contributed by atoms with Crippen LogP contribution in [0.2, 0.25) is 0 Å². The van der Waals surface area contributed by atoms with E-state index in [1.54, 1.807) is 12.1 Å². The van der Waals surface area contributed by atoms with E-state index in [0.717, 1.165) is 35.5 Å². The van der Waals surface area contributed by atoms with Gasteiger partial charge in [0.25, 0.3) is 0 Å². The van der Waals surface area contributed by atoms with Gasteiger partial charge in [-0.05, 0) is 48.4 Å². The van der Waals surface area contributed by atoms with Crippen molar-refractivity contribution in [2.45, 2.75) is 25.7 Å². The molecule has 0 spiro atoms. The highest BCUT2D eigenvalue weighted by Gasteiger charge is 2.22. The van der Waals surface area contributed by atoms with Crippen LogP contribution in [0.25, 0.3) is 0 Å². The molecule has 5 heteroatoms. The molecule has 134 valence electrons. The largest absolute Gasteiger partial charge is 0.347 e. The zero-order valence-electron chi connectivity index (χ0n) is 14.6. The van der Waals surface area contributed by atoms with Crippen LogP contribution < -0.4 is 4.90 Å². The van der Waals surface area contributed by atoms with Crippen LogP contribution in [0.1, 0.15) is 29.8 Å². The standard InChI is InChI=1S/C21H22FN3S/c22-19-8-6-17(7-9-19)15-20-23-21(26-24-20)25-12-10-18(11-13-25)14-16-4-2-1-3-5-16/h1-9,18H,10-15H2. The Hall–Kier alpha value is -2.27. The minimum atomic E-state index is -0.209. The van der Waals surface area contributed by atoms with Crippen LogP contribution >= 0.6 is 11.5 Å². The summed E-state index contributed by atoms with van der Waals surface area (Å²) in [5, 5.41) is 1.01. The molecule has 1 saturated heterocycles. The molecule has 26 heavy (non-hydrogen) atoms. The minimum Gasteiger partial charge on any atom is -0.347 e. The molecule has 0 bridgehead atoms. The number of halogens is 1. The maximum absolute atomic E-state index is 13.0. The highest BCUT2D eigenvalue weighted by atomic mass is 32.1. The van der Waals surface area contributed by atoms with Gasteiger partial charge in [0.2, 0.25) is 5.13 Å². The lowest BCUT2D eigenvalue weighted by Gasteiger charge is -2.31. The molecule has 0 amide bonds. The molecule has 0 unspecified atom stereocenters. The van der Waals surface area contributed by atoms with Gasteiger partial charge in [-0.15, -0.1) is 0 Å². The van der Waals surface area contributed by atoms with Crippen molar-refractivity contribution in [2.24, 2.45) is 5.92 Å². The molecule has 3 aromatic rings. The fraction of sp³-hybridized carbons (Fsp3) is 0.333. The predicted octanol–water partition coefficient (Wildman–Crippen LogP) is 4.73. The van der Waals surface area contributed by atoms with E-state index in [2.05, 4.69) is 39.6 Å². The summed E-state index contributed by atoms with van der Waals surface area (Å²) in [6.45, 7) is 2.09. The fourth-order valence-electron chi connectivity index (χ4n) is 3.51. The quantitative estimate of drug-likeness (QED) is 0.653. The van der Waals surface area contributed by atoms with E-state index in [4.69, 9.17) is 4.98 Å². The monoisotopic (exact) mass is 367 g/mol. The number of nitrogens with zero attached hydrogens (tertiary/aromatic N) is 3. The molecule has 1 aliphatic rings. The molecule has 0 aliphatic carbocycles. The fourth-order valence-corrected chi connectivity index (χ4v) is 4.24. The van der Waals surface area contributed by atoms with Crippen molar-refractivity contribution in [2.75, 3.05) is 18.0 Å². The Morgan fingerprint density at radius 2 is 1.69 bits per heavy atom. The van der Waals surface area contributed by atoms with Crippen molar-refractivity contribution in [1.82, 2.24) is 9.36 Å². The van der Waals surface area contributed by atoms with Crippen molar-refractivity contribution in [3.8, 4) is 0 Å². The lowest BCUT2D eigenvalue weighted by molar-refractivity contribution is 0.403. The smallest absolute Gasteiger partial charge is 0.205 e. The zero-order valence-corrected chi connectivity index (χ0v) is 15.5. The van der Waals surface area contributed by atoms with Crippen molar-refractivity contribution in [1.29, 1.82) is 0 Å². The molecule has 0 radical (unpaired) electrons. The van der Waals surface area contributed by atoms with Crippen LogP contribution in [0.15, 0.2) is 54.6 Å². The molecule has 1 aliphatic heterocycles. The van der Waals surface area contributed by atoms with Crippen LogP contribution in [0.4, 0.5) is 9.52 Å². The van der Waals surface area contributed by atoms with E-state index < -0.39 is 0 Å². The highest BCUT2D eigenvalue weighted by Crippen LogP contribution is 2.27. The molecule has 1 aromatic heterocycles. The van der Waals surface area contributed by atoms with Gasteiger partial charge in [0.15, 0.2) is 0 Å². The van der Waals surface area contributed by atoms with Gasteiger partial charge in [0, 0.05) is 31.0 Å². The summed E-state index contributed by atoms with van der Waals surface area (Å²) in [6, 6.07) is 17.3. The molecule has 2 heterocycles. The van der Waals surface area contributed by atoms with Gasteiger partial charge in [-0.25, -0.2) is 9.37 Å². The molecule has 0 N–H and O–H groups in total. The van der Waals surface area contributed by atoms with E-state index in [-0.39, 0.29) is 5.82 Å². The lowest BCUT2D eigenvalue weighted by Crippen LogP contribution is -2.34. The number of anilines is 1. The second-order valence-electron chi connectivity index (χ2n) is 6.92. The van der Waals surface area contributed by atoms with Gasteiger partial charge in [-0.3, -0.25) is 0 Å². The first-order valence-corrected chi connectivity index (χ1v) is 9.89. The molecule has 0 atom stereocenters. The van der Waals surface area contributed by atoms with Crippen molar-refractivity contribution < 1.29 is 4.39 Å². The Morgan fingerprint density at radius 3 is 2.42 bits per heavy atom. The normalized spacial score (nSPS) is 15.3. The Balaban J connectivity index is 1.32. The Kier molecular flexibility index (Phi) is 5.25. The number of hydrogen-bond donors (Lipinski definition) is 0. The Morgan fingerprint density at radius 1 is 0.962 bits per heavy atom. The average molecular weight is 367 g/mol. The molecule has 3 nitrogen and oxygen atoms in total. The van der Waals surface area contributed by atoms with Crippen molar-refractivity contribution in [3.63, 3.8) is 0 Å². The summed E-state index contributed by atoms with van der Waals surface area (Å²) in [6.07, 6.45) is 4.21. The lowest BCUT2D eigenvalue weighted by atomic mass is 9.90. The van der Waals surface area contributed by atoms with Crippen LogP contribution in [-0.2, 0) is 12.8 Å². The van der Waals surface area contributed by atoms with E-state index in [1.807, 2.05) is 0 Å². The van der Waals surface area contributed by atoms with Crippen LogP contribution in [-0.4, -0.2) is 22.4 Å². The van der Waals surface area contributed by atoms with E-state index in [0.29, 0.717) is 6.42 Å². The van der Waals surface area contributed by atoms with Crippen molar-refractivity contribution in [3.05, 3.63) is 77.4 Å². The Bertz CT molecular complexity index is 824. The van der Waals surface area contributed by atoms with Gasteiger partial charge in [0.05, 0.1) is 0 Å². The topological polar surface area (TPSA) is 29.0 Å². The zero-order chi connectivity index (χ0) is 17.8. The third-order valence-electron chi connectivity index (χ3n) is 4.99. The summed E-state index contributed by atoms with van der Waals surface area (Å²) in [4.78, 5) is 7.05. The molecular weight excluding hydrogens is 345 g/mol. The SMILES string of the molecule is Fc1ccc(Cc2nsc(N3CCC(Cc4ccccc4)CC3)n2)cc1. The van der Waals surface area contributed by atoms with E-state index in [9.17, 15) is 4.39 Å². The number of benzene rings is 2. The van der Waals surface area contributed by atoms with Crippen LogP contribution in [0.3, 0.4) is 0 Å². The van der Waals surface area contributed by atoms with Gasteiger partial charge < -0.3 is 4.90 Å². The molecule has 4 rings (SSSR count). The first-order chi connectivity index (χ1) is 12.8. The first kappa shape index (κ1) is 17.2. The van der Waals surface area contributed by atoms with Crippen molar-refractivity contribution >= 4 is 16.7 Å². The first-order valence-electron chi connectivity index (χ1n) is 9.12. The van der Waals surface area contributed by atoms with E-state index in [1.165, 1.54) is 48.5 Å². The van der Waals surface area contributed by atoms with Gasteiger partial charge >= 0.3 is 0 Å². The highest BCUT2D eigenvalue weighted by molar-refractivity contribution is 7.09. The van der Waals surface area contributed by atoms with Crippen LogP contribution in [0.5, 0.6) is 0 Å². The maximum atomic E-state index is 13.0. The number of piperidine rings is 1. The molecular formula is C21H22FN3S. The molecule has 1 fully saturated rings. The summed E-state index contributed by atoms with van der Waals surface area (Å²) in [5.41, 5.74) is 2.47. The van der Waals surface area contributed by atoms with Gasteiger partial charge in [0.1, 0.15) is 11.6 Å². The summed E-state index contributed by atoms with van der Waals surface area (Å²) in [5.74, 6) is 1.36. The van der Waals surface area contributed by atoms with E-state index >= 15 is 0 Å². The third kappa shape index (κ3) is 4.28.